The predicted molar refractivity (Wildman–Crippen MR) is 279 cm³/mol. The first-order chi connectivity index (χ1) is 32.0. The van der Waals surface area contributed by atoms with Crippen LogP contribution in [0.2, 0.25) is 0 Å². The number of carbonyl (C=O) groups is 3. The van der Waals surface area contributed by atoms with Gasteiger partial charge in [0, 0.05) is 19.3 Å². The van der Waals surface area contributed by atoms with Gasteiger partial charge in [0.2, 0.25) is 0 Å². The first-order valence-corrected chi connectivity index (χ1v) is 25.4. The van der Waals surface area contributed by atoms with Gasteiger partial charge in [0.05, 0.1) is 0 Å². The second kappa shape index (κ2) is 51.9. The standard InChI is InChI=1S/C59H90O6/c1-4-7-10-13-16-19-22-25-27-29-30-32-34-37-40-43-46-49-52-58(61)64-55-56(54-63-57(60)51-48-45-42-39-36-33-24-21-18-15-12-9-6-3)65-59(62)53-50-47-44-41-38-35-31-28-26-23-20-17-14-11-8-5-2/h8-13,15-22,24-30,32,35,38,56H,4-7,14,23,31,33-34,36-37,39-55H2,1-3H3/b11-8-,12-9-,13-10-,18-15-,19-16-,20-17-,24-21-,25-22-,28-26-,29-27-,32-30-,38-35-. The fourth-order valence-corrected chi connectivity index (χ4v) is 6.23. The molecule has 0 rings (SSSR count). The third kappa shape index (κ3) is 50.2. The van der Waals surface area contributed by atoms with Crippen LogP contribution in [-0.4, -0.2) is 37.2 Å². The van der Waals surface area contributed by atoms with Crippen molar-refractivity contribution in [3.8, 4) is 0 Å². The topological polar surface area (TPSA) is 78.9 Å². The van der Waals surface area contributed by atoms with Gasteiger partial charge in [0.25, 0.3) is 0 Å². The molecule has 0 saturated carbocycles. The molecule has 0 aromatic carbocycles. The first kappa shape index (κ1) is 60.3. The lowest BCUT2D eigenvalue weighted by Crippen LogP contribution is -2.30. The van der Waals surface area contributed by atoms with Crippen LogP contribution >= 0.6 is 0 Å². The predicted octanol–water partition coefficient (Wildman–Crippen LogP) is 16.9. The Morgan fingerprint density at radius 2 is 0.677 bits per heavy atom. The van der Waals surface area contributed by atoms with Crippen molar-refractivity contribution < 1.29 is 28.6 Å². The summed E-state index contributed by atoms with van der Waals surface area (Å²) in [5, 5.41) is 0. The SMILES string of the molecule is CC\C=C/C=C\C=C/CCCCCCCC(=O)OCC(COC(=O)CCCCCCC\C=C/C=C\C=C/C=C\C=C/CCC)OC(=O)CCCCC/C=C\C/C=C\C/C=C\C/C=C\CC. The maximum absolute atomic E-state index is 12.8. The Morgan fingerprint density at radius 3 is 1.14 bits per heavy atom. The Labute approximate surface area is 397 Å². The summed E-state index contributed by atoms with van der Waals surface area (Å²) >= 11 is 0. The second-order valence-corrected chi connectivity index (χ2v) is 16.1. The highest BCUT2D eigenvalue weighted by molar-refractivity contribution is 5.71. The third-order valence-corrected chi connectivity index (χ3v) is 9.98. The van der Waals surface area contributed by atoms with E-state index in [1.54, 1.807) is 0 Å². The molecule has 65 heavy (non-hydrogen) atoms. The number of carbonyl (C=O) groups excluding carboxylic acids is 3. The summed E-state index contributed by atoms with van der Waals surface area (Å²) in [6.45, 7) is 6.21. The van der Waals surface area contributed by atoms with Gasteiger partial charge in [-0.2, -0.15) is 0 Å². The molecule has 0 N–H and O–H groups in total. The Hall–Kier alpha value is -4.71. The molecule has 1 unspecified atom stereocenters. The molecule has 1 atom stereocenters. The number of esters is 3. The van der Waals surface area contributed by atoms with Crippen LogP contribution in [0.25, 0.3) is 0 Å². The minimum atomic E-state index is -0.821. The van der Waals surface area contributed by atoms with Crippen molar-refractivity contribution in [2.24, 2.45) is 0 Å². The Morgan fingerprint density at radius 1 is 0.338 bits per heavy atom. The van der Waals surface area contributed by atoms with Crippen LogP contribution in [0.15, 0.2) is 146 Å². The maximum Gasteiger partial charge on any atom is 0.306 e. The largest absolute Gasteiger partial charge is 0.462 e. The van der Waals surface area contributed by atoms with Crippen LogP contribution in [0.3, 0.4) is 0 Å². The van der Waals surface area contributed by atoms with Crippen molar-refractivity contribution in [1.29, 1.82) is 0 Å². The van der Waals surface area contributed by atoms with Gasteiger partial charge in [-0.1, -0.05) is 218 Å². The molecule has 6 heteroatoms. The van der Waals surface area contributed by atoms with Crippen LogP contribution in [-0.2, 0) is 28.6 Å². The summed E-state index contributed by atoms with van der Waals surface area (Å²) in [6.07, 6.45) is 73.9. The molecular weight excluding hydrogens is 805 g/mol. The Kier molecular flexibility index (Phi) is 48.2. The highest BCUT2D eigenvalue weighted by Gasteiger charge is 2.19. The molecule has 362 valence electrons. The molecule has 0 aliphatic carbocycles. The molecule has 0 amide bonds. The fourth-order valence-electron chi connectivity index (χ4n) is 6.23. The zero-order valence-corrected chi connectivity index (χ0v) is 41.2. The molecule has 6 nitrogen and oxygen atoms in total. The van der Waals surface area contributed by atoms with Crippen LogP contribution in [0.5, 0.6) is 0 Å². The summed E-state index contributed by atoms with van der Waals surface area (Å²) in [5.74, 6) is -1.01. The van der Waals surface area contributed by atoms with Crippen LogP contribution in [0.1, 0.15) is 188 Å². The van der Waals surface area contributed by atoms with E-state index >= 15 is 0 Å². The summed E-state index contributed by atoms with van der Waals surface area (Å²) in [7, 11) is 0. The van der Waals surface area contributed by atoms with E-state index in [1.807, 2.05) is 42.5 Å². The normalized spacial score (nSPS) is 13.3. The van der Waals surface area contributed by atoms with Gasteiger partial charge >= 0.3 is 17.9 Å². The average Bonchev–Trinajstić information content (AvgIpc) is 3.30. The molecule has 0 spiro atoms. The van der Waals surface area contributed by atoms with Crippen LogP contribution < -0.4 is 0 Å². The zero-order valence-electron chi connectivity index (χ0n) is 41.2. The number of hydrogen-bond acceptors (Lipinski definition) is 6. The van der Waals surface area contributed by atoms with Crippen molar-refractivity contribution >= 4 is 17.9 Å². The van der Waals surface area contributed by atoms with Gasteiger partial charge < -0.3 is 14.2 Å². The van der Waals surface area contributed by atoms with Crippen LogP contribution in [0.4, 0.5) is 0 Å². The van der Waals surface area contributed by atoms with E-state index in [2.05, 4.69) is 124 Å². The van der Waals surface area contributed by atoms with E-state index in [9.17, 15) is 14.4 Å². The molecule has 0 heterocycles. The van der Waals surface area contributed by atoms with Gasteiger partial charge in [-0.15, -0.1) is 0 Å². The van der Waals surface area contributed by atoms with Gasteiger partial charge in [0.1, 0.15) is 13.2 Å². The first-order valence-electron chi connectivity index (χ1n) is 25.4. The van der Waals surface area contributed by atoms with E-state index in [4.69, 9.17) is 14.2 Å². The Balaban J connectivity index is 4.56. The van der Waals surface area contributed by atoms with Gasteiger partial charge in [0.15, 0.2) is 6.10 Å². The summed E-state index contributed by atoms with van der Waals surface area (Å²) in [5.41, 5.74) is 0. The van der Waals surface area contributed by atoms with Gasteiger partial charge in [-0.25, -0.2) is 0 Å². The number of hydrogen-bond donors (Lipinski definition) is 0. The lowest BCUT2D eigenvalue weighted by atomic mass is 10.1. The van der Waals surface area contributed by atoms with Gasteiger partial charge in [-0.3, -0.25) is 14.4 Å². The highest BCUT2D eigenvalue weighted by atomic mass is 16.6. The van der Waals surface area contributed by atoms with Crippen molar-refractivity contribution in [1.82, 2.24) is 0 Å². The maximum atomic E-state index is 12.8. The van der Waals surface area contributed by atoms with E-state index in [0.29, 0.717) is 19.3 Å². The molecular formula is C59H90O6. The lowest BCUT2D eigenvalue weighted by molar-refractivity contribution is -0.167. The van der Waals surface area contributed by atoms with Crippen molar-refractivity contribution in [2.75, 3.05) is 13.2 Å². The monoisotopic (exact) mass is 895 g/mol. The van der Waals surface area contributed by atoms with E-state index in [-0.39, 0.29) is 37.5 Å². The van der Waals surface area contributed by atoms with Crippen molar-refractivity contribution in [3.63, 3.8) is 0 Å². The zero-order chi connectivity index (χ0) is 47.2. The minimum Gasteiger partial charge on any atom is -0.462 e. The molecule has 0 saturated heterocycles. The molecule has 0 aliphatic heterocycles. The van der Waals surface area contributed by atoms with Crippen molar-refractivity contribution in [3.05, 3.63) is 146 Å². The van der Waals surface area contributed by atoms with E-state index in [0.717, 1.165) is 135 Å². The molecule has 0 aromatic rings. The van der Waals surface area contributed by atoms with Crippen LogP contribution in [0, 0.1) is 0 Å². The van der Waals surface area contributed by atoms with E-state index < -0.39 is 6.10 Å². The summed E-state index contributed by atoms with van der Waals surface area (Å²) in [4.78, 5) is 38.0. The number of unbranched alkanes of at least 4 members (excludes halogenated alkanes) is 14. The number of ether oxygens (including phenoxy) is 3. The lowest BCUT2D eigenvalue weighted by Gasteiger charge is -2.18. The summed E-state index contributed by atoms with van der Waals surface area (Å²) < 4.78 is 16.7. The summed E-state index contributed by atoms with van der Waals surface area (Å²) in [6, 6.07) is 0. The second-order valence-electron chi connectivity index (χ2n) is 16.1. The molecule has 0 bridgehead atoms. The fraction of sp³-hybridized carbons (Fsp3) is 0.542. The molecule has 0 aliphatic rings. The van der Waals surface area contributed by atoms with E-state index in [1.165, 1.54) is 6.42 Å². The van der Waals surface area contributed by atoms with Crippen molar-refractivity contribution in [2.45, 2.75) is 194 Å². The molecule has 0 fully saturated rings. The Bertz CT molecular complexity index is 1490. The third-order valence-electron chi connectivity index (χ3n) is 9.98. The molecule has 0 radical (unpaired) electrons. The number of allylic oxidation sites excluding steroid dienone is 24. The number of rotatable bonds is 43. The molecule has 0 aromatic heterocycles. The minimum absolute atomic E-state index is 0.117. The highest BCUT2D eigenvalue weighted by Crippen LogP contribution is 2.12. The quantitative estimate of drug-likeness (QED) is 0.0199. The average molecular weight is 895 g/mol. The van der Waals surface area contributed by atoms with Gasteiger partial charge in [-0.05, 0) is 96.3 Å². The smallest absolute Gasteiger partial charge is 0.306 e.